The van der Waals surface area contributed by atoms with E-state index in [9.17, 15) is 0 Å². The Balaban J connectivity index is 2.47. The Bertz CT molecular complexity index is 265. The fraction of sp³-hybridized carbons (Fsp3) is 0.727. The zero-order chi connectivity index (χ0) is 11.1. The standard InChI is InChI=1S/C11H22N4/c1-3-11(4-2)15-8-5-10(14-15)9-13-7-6-12/h5,8,11,13H,3-4,6-7,9,12H2,1-2H3. The Morgan fingerprint density at radius 3 is 2.80 bits per heavy atom. The van der Waals surface area contributed by atoms with Crippen molar-refractivity contribution in [1.82, 2.24) is 15.1 Å². The molecule has 0 bridgehead atoms. The van der Waals surface area contributed by atoms with E-state index in [4.69, 9.17) is 5.73 Å². The molecule has 86 valence electrons. The molecule has 4 nitrogen and oxygen atoms in total. The van der Waals surface area contributed by atoms with E-state index < -0.39 is 0 Å². The topological polar surface area (TPSA) is 55.9 Å². The average Bonchev–Trinajstić information content (AvgIpc) is 2.69. The van der Waals surface area contributed by atoms with Gasteiger partial charge in [-0.05, 0) is 18.9 Å². The molecule has 1 aromatic rings. The van der Waals surface area contributed by atoms with Crippen LogP contribution in [0.2, 0.25) is 0 Å². The molecule has 15 heavy (non-hydrogen) atoms. The molecule has 0 aromatic carbocycles. The lowest BCUT2D eigenvalue weighted by atomic mass is 10.2. The van der Waals surface area contributed by atoms with Crippen LogP contribution in [0, 0.1) is 0 Å². The molecule has 1 heterocycles. The van der Waals surface area contributed by atoms with Gasteiger partial charge in [0.15, 0.2) is 0 Å². The molecular weight excluding hydrogens is 188 g/mol. The lowest BCUT2D eigenvalue weighted by Gasteiger charge is -2.12. The van der Waals surface area contributed by atoms with E-state index >= 15 is 0 Å². The molecule has 0 radical (unpaired) electrons. The van der Waals surface area contributed by atoms with E-state index in [1.165, 1.54) is 0 Å². The first-order valence-electron chi connectivity index (χ1n) is 5.76. The van der Waals surface area contributed by atoms with Gasteiger partial charge in [0, 0.05) is 25.8 Å². The molecule has 4 heteroatoms. The summed E-state index contributed by atoms with van der Waals surface area (Å²) in [4.78, 5) is 0. The third-order valence-electron chi connectivity index (χ3n) is 2.61. The number of hydrogen-bond donors (Lipinski definition) is 2. The summed E-state index contributed by atoms with van der Waals surface area (Å²) in [6, 6.07) is 2.61. The Kier molecular flexibility index (Phi) is 5.36. The fourth-order valence-electron chi connectivity index (χ4n) is 1.66. The van der Waals surface area contributed by atoms with Gasteiger partial charge in [-0.1, -0.05) is 13.8 Å². The molecule has 0 spiro atoms. The summed E-state index contributed by atoms with van der Waals surface area (Å²) >= 11 is 0. The van der Waals surface area contributed by atoms with Gasteiger partial charge in [0.1, 0.15) is 0 Å². The molecule has 1 rings (SSSR count). The zero-order valence-electron chi connectivity index (χ0n) is 9.74. The van der Waals surface area contributed by atoms with Crippen molar-refractivity contribution in [3.05, 3.63) is 18.0 Å². The predicted octanol–water partition coefficient (Wildman–Crippen LogP) is 1.29. The van der Waals surface area contributed by atoms with Crippen molar-refractivity contribution in [2.45, 2.75) is 39.3 Å². The Morgan fingerprint density at radius 2 is 2.20 bits per heavy atom. The third-order valence-corrected chi connectivity index (χ3v) is 2.61. The van der Waals surface area contributed by atoms with Gasteiger partial charge < -0.3 is 11.1 Å². The van der Waals surface area contributed by atoms with Crippen molar-refractivity contribution in [1.29, 1.82) is 0 Å². The van der Waals surface area contributed by atoms with Gasteiger partial charge >= 0.3 is 0 Å². The highest BCUT2D eigenvalue weighted by Gasteiger charge is 2.07. The summed E-state index contributed by atoms with van der Waals surface area (Å²) in [5.74, 6) is 0. The van der Waals surface area contributed by atoms with Crippen LogP contribution in [0.25, 0.3) is 0 Å². The Morgan fingerprint density at radius 1 is 1.47 bits per heavy atom. The second kappa shape index (κ2) is 6.58. The van der Waals surface area contributed by atoms with E-state index in [1.54, 1.807) is 0 Å². The van der Waals surface area contributed by atoms with Gasteiger partial charge in [-0.25, -0.2) is 0 Å². The van der Waals surface area contributed by atoms with E-state index in [1.807, 2.05) is 0 Å². The quantitative estimate of drug-likeness (QED) is 0.667. The highest BCUT2D eigenvalue weighted by molar-refractivity contribution is 4.99. The molecule has 0 amide bonds. The number of nitrogens with one attached hydrogen (secondary N) is 1. The van der Waals surface area contributed by atoms with Gasteiger partial charge in [-0.2, -0.15) is 5.10 Å². The Labute approximate surface area is 91.8 Å². The third kappa shape index (κ3) is 3.64. The van der Waals surface area contributed by atoms with Gasteiger partial charge in [-0.15, -0.1) is 0 Å². The summed E-state index contributed by atoms with van der Waals surface area (Å²) in [5.41, 5.74) is 6.49. The van der Waals surface area contributed by atoms with Crippen molar-refractivity contribution in [3.8, 4) is 0 Å². The van der Waals surface area contributed by atoms with Gasteiger partial charge in [0.25, 0.3) is 0 Å². The highest BCUT2D eigenvalue weighted by Crippen LogP contribution is 2.14. The maximum Gasteiger partial charge on any atom is 0.0762 e. The van der Waals surface area contributed by atoms with Crippen LogP contribution in [0.4, 0.5) is 0 Å². The molecule has 1 aromatic heterocycles. The number of hydrogen-bond acceptors (Lipinski definition) is 3. The van der Waals surface area contributed by atoms with Gasteiger partial charge in [0.2, 0.25) is 0 Å². The van der Waals surface area contributed by atoms with Crippen LogP contribution in [0.3, 0.4) is 0 Å². The molecule has 0 atom stereocenters. The summed E-state index contributed by atoms with van der Waals surface area (Å²) in [5, 5.41) is 7.78. The monoisotopic (exact) mass is 210 g/mol. The van der Waals surface area contributed by atoms with Crippen molar-refractivity contribution in [3.63, 3.8) is 0 Å². The van der Waals surface area contributed by atoms with Crippen molar-refractivity contribution in [2.24, 2.45) is 5.73 Å². The van der Waals surface area contributed by atoms with E-state index in [-0.39, 0.29) is 0 Å². The van der Waals surface area contributed by atoms with Crippen molar-refractivity contribution >= 4 is 0 Å². The zero-order valence-corrected chi connectivity index (χ0v) is 9.74. The first kappa shape index (κ1) is 12.2. The number of nitrogens with zero attached hydrogens (tertiary/aromatic N) is 2. The van der Waals surface area contributed by atoms with Crippen LogP contribution >= 0.6 is 0 Å². The summed E-state index contributed by atoms with van der Waals surface area (Å²) in [6.07, 6.45) is 4.33. The smallest absolute Gasteiger partial charge is 0.0762 e. The van der Waals surface area contributed by atoms with Crippen molar-refractivity contribution < 1.29 is 0 Å². The molecule has 0 saturated carbocycles. The van der Waals surface area contributed by atoms with Crippen LogP contribution in [-0.2, 0) is 6.54 Å². The largest absolute Gasteiger partial charge is 0.329 e. The highest BCUT2D eigenvalue weighted by atomic mass is 15.3. The van der Waals surface area contributed by atoms with Crippen LogP contribution in [-0.4, -0.2) is 22.9 Å². The Hall–Kier alpha value is -0.870. The molecular formula is C11H22N4. The van der Waals surface area contributed by atoms with E-state index in [2.05, 4.69) is 41.2 Å². The van der Waals surface area contributed by atoms with E-state index in [0.717, 1.165) is 31.6 Å². The van der Waals surface area contributed by atoms with Crippen LogP contribution in [0.1, 0.15) is 38.4 Å². The molecule has 0 fully saturated rings. The van der Waals surface area contributed by atoms with Crippen LogP contribution < -0.4 is 11.1 Å². The number of nitrogens with two attached hydrogens (primary N) is 1. The lowest BCUT2D eigenvalue weighted by Crippen LogP contribution is -2.22. The first-order chi connectivity index (χ1) is 7.31. The van der Waals surface area contributed by atoms with Gasteiger partial charge in [0.05, 0.1) is 11.7 Å². The molecule has 0 saturated heterocycles. The maximum atomic E-state index is 5.40. The fourth-order valence-corrected chi connectivity index (χ4v) is 1.66. The normalized spacial score (nSPS) is 11.2. The first-order valence-corrected chi connectivity index (χ1v) is 5.76. The number of aromatic nitrogens is 2. The van der Waals surface area contributed by atoms with Crippen LogP contribution in [0.5, 0.6) is 0 Å². The number of rotatable bonds is 7. The van der Waals surface area contributed by atoms with Crippen LogP contribution in [0.15, 0.2) is 12.3 Å². The molecule has 0 unspecified atom stereocenters. The summed E-state index contributed by atoms with van der Waals surface area (Å²) in [7, 11) is 0. The molecule has 0 aliphatic rings. The summed E-state index contributed by atoms with van der Waals surface area (Å²) in [6.45, 7) is 6.72. The van der Waals surface area contributed by atoms with Crippen molar-refractivity contribution in [2.75, 3.05) is 13.1 Å². The molecule has 0 aliphatic heterocycles. The predicted molar refractivity (Wildman–Crippen MR) is 62.6 cm³/mol. The SMILES string of the molecule is CCC(CC)n1ccc(CNCCN)n1. The second-order valence-electron chi connectivity index (χ2n) is 3.72. The summed E-state index contributed by atoms with van der Waals surface area (Å²) < 4.78 is 2.07. The van der Waals surface area contributed by atoms with E-state index in [0.29, 0.717) is 12.6 Å². The lowest BCUT2D eigenvalue weighted by molar-refractivity contribution is 0.424. The average molecular weight is 210 g/mol. The molecule has 0 aliphatic carbocycles. The maximum absolute atomic E-state index is 5.40. The minimum absolute atomic E-state index is 0.535. The van der Waals surface area contributed by atoms with Gasteiger partial charge in [-0.3, -0.25) is 4.68 Å². The minimum Gasteiger partial charge on any atom is -0.329 e. The molecule has 3 N–H and O–H groups in total. The minimum atomic E-state index is 0.535. The second-order valence-corrected chi connectivity index (χ2v) is 3.72.